The number of carbonyl (C=O) groups is 1. The Bertz CT molecular complexity index is 650. The molecular formula is C17H17ClN2OS. The van der Waals surface area contributed by atoms with Crippen molar-refractivity contribution in [3.63, 3.8) is 0 Å². The van der Waals surface area contributed by atoms with E-state index in [9.17, 15) is 4.79 Å². The molecule has 1 fully saturated rings. The van der Waals surface area contributed by atoms with Crippen LogP contribution in [0, 0.1) is 0 Å². The summed E-state index contributed by atoms with van der Waals surface area (Å²) in [7, 11) is 0. The molecule has 2 aromatic rings. The molecule has 1 saturated heterocycles. The highest BCUT2D eigenvalue weighted by molar-refractivity contribution is 7.99. The maximum absolute atomic E-state index is 12.5. The van der Waals surface area contributed by atoms with Crippen LogP contribution in [-0.4, -0.2) is 23.2 Å². The third-order valence-electron chi connectivity index (χ3n) is 3.57. The van der Waals surface area contributed by atoms with Crippen LogP contribution in [0.5, 0.6) is 0 Å². The predicted octanol–water partition coefficient (Wildman–Crippen LogP) is 4.30. The highest BCUT2D eigenvalue weighted by Crippen LogP contribution is 2.38. The maximum atomic E-state index is 12.5. The lowest BCUT2D eigenvalue weighted by Crippen LogP contribution is -2.39. The number of nitrogens with one attached hydrogen (secondary N) is 1. The van der Waals surface area contributed by atoms with Gasteiger partial charge in [-0.25, -0.2) is 4.79 Å². The van der Waals surface area contributed by atoms with Crippen molar-refractivity contribution in [3.8, 4) is 0 Å². The first-order chi connectivity index (χ1) is 10.7. The van der Waals surface area contributed by atoms with Gasteiger partial charge < -0.3 is 10.2 Å². The first-order valence-electron chi connectivity index (χ1n) is 7.19. The van der Waals surface area contributed by atoms with Crippen molar-refractivity contribution >= 4 is 29.4 Å². The number of benzene rings is 2. The fourth-order valence-electron chi connectivity index (χ4n) is 2.49. The molecular weight excluding hydrogens is 316 g/mol. The van der Waals surface area contributed by atoms with Crippen LogP contribution < -0.4 is 5.32 Å². The van der Waals surface area contributed by atoms with Gasteiger partial charge in [-0.2, -0.15) is 0 Å². The van der Waals surface area contributed by atoms with Crippen LogP contribution >= 0.6 is 23.4 Å². The lowest BCUT2D eigenvalue weighted by atomic mass is 10.2. The molecule has 0 unspecified atom stereocenters. The van der Waals surface area contributed by atoms with Crippen molar-refractivity contribution in [2.45, 2.75) is 11.9 Å². The summed E-state index contributed by atoms with van der Waals surface area (Å²) in [5.74, 6) is 0.940. The molecule has 0 spiro atoms. The van der Waals surface area contributed by atoms with Crippen LogP contribution in [-0.2, 0) is 6.54 Å². The summed E-state index contributed by atoms with van der Waals surface area (Å²) in [5, 5.41) is 3.74. The molecule has 2 amide bonds. The number of hydrogen-bond acceptors (Lipinski definition) is 2. The summed E-state index contributed by atoms with van der Waals surface area (Å²) >= 11 is 7.83. The number of rotatable bonds is 3. The summed E-state index contributed by atoms with van der Waals surface area (Å²) in [4.78, 5) is 14.3. The van der Waals surface area contributed by atoms with E-state index in [0.717, 1.165) is 23.4 Å². The van der Waals surface area contributed by atoms with Crippen LogP contribution in [0.2, 0.25) is 5.02 Å². The molecule has 5 heteroatoms. The highest BCUT2D eigenvalue weighted by Gasteiger charge is 2.30. The van der Waals surface area contributed by atoms with Gasteiger partial charge >= 0.3 is 6.03 Å². The van der Waals surface area contributed by atoms with E-state index in [1.54, 1.807) is 11.8 Å². The van der Waals surface area contributed by atoms with Gasteiger partial charge in [-0.05, 0) is 23.3 Å². The summed E-state index contributed by atoms with van der Waals surface area (Å²) < 4.78 is 0. The van der Waals surface area contributed by atoms with Gasteiger partial charge in [-0.1, -0.05) is 54.1 Å². The van der Waals surface area contributed by atoms with Crippen LogP contribution in [0.25, 0.3) is 0 Å². The molecule has 0 bridgehead atoms. The zero-order chi connectivity index (χ0) is 15.4. The molecule has 0 aromatic heterocycles. The van der Waals surface area contributed by atoms with E-state index in [-0.39, 0.29) is 11.4 Å². The van der Waals surface area contributed by atoms with Crippen LogP contribution in [0.4, 0.5) is 4.79 Å². The van der Waals surface area contributed by atoms with Gasteiger partial charge in [-0.15, -0.1) is 11.8 Å². The Morgan fingerprint density at radius 3 is 2.82 bits per heavy atom. The molecule has 22 heavy (non-hydrogen) atoms. The van der Waals surface area contributed by atoms with Crippen LogP contribution in [0.15, 0.2) is 54.6 Å². The summed E-state index contributed by atoms with van der Waals surface area (Å²) in [6.07, 6.45) is 0. The molecule has 1 aliphatic heterocycles. The monoisotopic (exact) mass is 332 g/mol. The SMILES string of the molecule is O=C(NCc1ccccc1)N1CCS[C@H]1c1cccc(Cl)c1. The van der Waals surface area contributed by atoms with E-state index in [1.165, 1.54) is 0 Å². The van der Waals surface area contributed by atoms with Gasteiger partial charge in [0, 0.05) is 23.9 Å². The van der Waals surface area contributed by atoms with Crippen LogP contribution in [0.1, 0.15) is 16.5 Å². The number of hydrogen-bond donors (Lipinski definition) is 1. The lowest BCUT2D eigenvalue weighted by Gasteiger charge is -2.24. The molecule has 3 rings (SSSR count). The van der Waals surface area contributed by atoms with Crippen molar-refractivity contribution in [2.75, 3.05) is 12.3 Å². The zero-order valence-corrected chi connectivity index (χ0v) is 13.6. The number of thioether (sulfide) groups is 1. The Balaban J connectivity index is 1.66. The predicted molar refractivity (Wildman–Crippen MR) is 92.0 cm³/mol. The third-order valence-corrected chi connectivity index (χ3v) is 5.07. The fraction of sp³-hybridized carbons (Fsp3) is 0.235. The lowest BCUT2D eigenvalue weighted by molar-refractivity contribution is 0.200. The van der Waals surface area contributed by atoms with Crippen molar-refractivity contribution in [1.29, 1.82) is 0 Å². The first kappa shape index (κ1) is 15.3. The Kier molecular flexibility index (Phi) is 4.90. The molecule has 114 valence electrons. The molecule has 1 N–H and O–H groups in total. The number of urea groups is 1. The fourth-order valence-corrected chi connectivity index (χ4v) is 3.93. The second kappa shape index (κ2) is 7.07. The van der Waals surface area contributed by atoms with Gasteiger partial charge in [0.25, 0.3) is 0 Å². The van der Waals surface area contributed by atoms with E-state index >= 15 is 0 Å². The maximum Gasteiger partial charge on any atom is 0.318 e. The van der Waals surface area contributed by atoms with Gasteiger partial charge in [0.1, 0.15) is 5.37 Å². The Morgan fingerprint density at radius 2 is 2.05 bits per heavy atom. The van der Waals surface area contributed by atoms with E-state index < -0.39 is 0 Å². The topological polar surface area (TPSA) is 32.3 Å². The van der Waals surface area contributed by atoms with E-state index in [2.05, 4.69) is 5.32 Å². The molecule has 1 aliphatic rings. The number of amides is 2. The smallest absolute Gasteiger partial charge is 0.318 e. The Labute approximate surface area is 139 Å². The number of halogens is 1. The van der Waals surface area contributed by atoms with Crippen molar-refractivity contribution < 1.29 is 4.79 Å². The molecule has 1 heterocycles. The zero-order valence-electron chi connectivity index (χ0n) is 12.0. The molecule has 2 aromatic carbocycles. The van der Waals surface area contributed by atoms with Crippen LogP contribution in [0.3, 0.4) is 0 Å². The standard InChI is InChI=1S/C17H17ClN2OS/c18-15-8-4-7-14(11-15)16-20(9-10-22-16)17(21)19-12-13-5-2-1-3-6-13/h1-8,11,16H,9-10,12H2,(H,19,21)/t16-/m0/s1. The Hall–Kier alpha value is -1.65. The van der Waals surface area contributed by atoms with Crippen molar-refractivity contribution in [2.24, 2.45) is 0 Å². The van der Waals surface area contributed by atoms with Crippen molar-refractivity contribution in [1.82, 2.24) is 10.2 Å². The first-order valence-corrected chi connectivity index (χ1v) is 8.62. The summed E-state index contributed by atoms with van der Waals surface area (Å²) in [6, 6.07) is 17.6. The van der Waals surface area contributed by atoms with E-state index in [1.807, 2.05) is 59.5 Å². The third kappa shape index (κ3) is 3.57. The average molecular weight is 333 g/mol. The minimum atomic E-state index is -0.0289. The average Bonchev–Trinajstić information content (AvgIpc) is 3.03. The number of carbonyl (C=O) groups excluding carboxylic acids is 1. The molecule has 1 atom stereocenters. The minimum Gasteiger partial charge on any atom is -0.334 e. The molecule has 0 aliphatic carbocycles. The summed E-state index contributed by atoms with van der Waals surface area (Å²) in [6.45, 7) is 1.30. The highest BCUT2D eigenvalue weighted by atomic mass is 35.5. The van der Waals surface area contributed by atoms with E-state index in [0.29, 0.717) is 11.6 Å². The van der Waals surface area contributed by atoms with Gasteiger partial charge in [0.05, 0.1) is 0 Å². The summed E-state index contributed by atoms with van der Waals surface area (Å²) in [5.41, 5.74) is 2.17. The molecule has 0 radical (unpaired) electrons. The number of nitrogens with zero attached hydrogens (tertiary/aromatic N) is 1. The van der Waals surface area contributed by atoms with Crippen molar-refractivity contribution in [3.05, 3.63) is 70.7 Å². The Morgan fingerprint density at radius 1 is 1.23 bits per heavy atom. The van der Waals surface area contributed by atoms with Gasteiger partial charge in [-0.3, -0.25) is 0 Å². The van der Waals surface area contributed by atoms with Gasteiger partial charge in [0.15, 0.2) is 0 Å². The second-order valence-electron chi connectivity index (χ2n) is 5.12. The largest absolute Gasteiger partial charge is 0.334 e. The van der Waals surface area contributed by atoms with E-state index in [4.69, 9.17) is 11.6 Å². The van der Waals surface area contributed by atoms with Gasteiger partial charge in [0.2, 0.25) is 0 Å². The minimum absolute atomic E-state index is 0.0289. The second-order valence-corrected chi connectivity index (χ2v) is 6.74. The molecule has 3 nitrogen and oxygen atoms in total. The normalized spacial score (nSPS) is 17.5. The molecule has 0 saturated carbocycles. The quantitative estimate of drug-likeness (QED) is 0.909.